The van der Waals surface area contributed by atoms with Gasteiger partial charge in [0.1, 0.15) is 0 Å². The Labute approximate surface area is 82.6 Å². The van der Waals surface area contributed by atoms with Crippen molar-refractivity contribution < 1.29 is 19.6 Å². The quantitative estimate of drug-likeness (QED) is 0.471. The van der Waals surface area contributed by atoms with Crippen molar-refractivity contribution in [1.82, 2.24) is 4.90 Å². The molecule has 1 aliphatic heterocycles. The van der Waals surface area contributed by atoms with Gasteiger partial charge < -0.3 is 19.7 Å². The van der Waals surface area contributed by atoms with Gasteiger partial charge in [0.2, 0.25) is 5.91 Å². The molecule has 1 aliphatic rings. The maximum atomic E-state index is 11.3. The Bertz CT molecular complexity index is 255. The predicted molar refractivity (Wildman–Crippen MR) is 47.3 cm³/mol. The number of hydrogen-bond acceptors (Lipinski definition) is 3. The molecule has 78 valence electrons. The Morgan fingerprint density at radius 1 is 1.29 bits per heavy atom. The van der Waals surface area contributed by atoms with E-state index in [1.807, 2.05) is 0 Å². The highest BCUT2D eigenvalue weighted by Crippen LogP contribution is 1.91. The number of aliphatic carboxylic acids is 1. The van der Waals surface area contributed by atoms with Gasteiger partial charge in [-0.05, 0) is 6.08 Å². The highest BCUT2D eigenvalue weighted by atomic mass is 16.4. The normalized spacial score (nSPS) is 18.8. The highest BCUT2D eigenvalue weighted by molar-refractivity contribution is 5.93. The summed E-state index contributed by atoms with van der Waals surface area (Å²) in [5.74, 6) is -1.58. The molecule has 1 rings (SSSR count). The molecule has 1 N–H and O–H groups in total. The molecule has 0 aromatic carbocycles. The van der Waals surface area contributed by atoms with Crippen molar-refractivity contribution in [2.24, 2.45) is 0 Å². The van der Waals surface area contributed by atoms with Crippen LogP contribution in [0.15, 0.2) is 12.2 Å². The van der Waals surface area contributed by atoms with Gasteiger partial charge in [0, 0.05) is 6.08 Å². The van der Waals surface area contributed by atoms with Crippen LogP contribution in [-0.4, -0.2) is 50.0 Å². The molecule has 0 aromatic heterocycles. The molecule has 0 radical (unpaired) electrons. The number of likely N-dealkylation sites (N-methyl/N-ethyl adjacent to an activating group) is 1. The largest absolute Gasteiger partial charge is 0.545 e. The van der Waals surface area contributed by atoms with Crippen molar-refractivity contribution in [1.29, 1.82) is 0 Å². The first-order valence-electron chi connectivity index (χ1n) is 4.59. The molecule has 1 amide bonds. The van der Waals surface area contributed by atoms with Crippen molar-refractivity contribution in [3.8, 4) is 0 Å². The van der Waals surface area contributed by atoms with Crippen LogP contribution in [-0.2, 0) is 9.59 Å². The molecule has 0 atom stereocenters. The molecule has 1 saturated heterocycles. The Balaban J connectivity index is 2.42. The van der Waals surface area contributed by atoms with E-state index in [4.69, 9.17) is 0 Å². The maximum Gasteiger partial charge on any atom is 0.247 e. The lowest BCUT2D eigenvalue weighted by Crippen LogP contribution is -3.12. The Kier molecular flexibility index (Phi) is 3.64. The topological polar surface area (TPSA) is 64.9 Å². The number of piperazine rings is 1. The summed E-state index contributed by atoms with van der Waals surface area (Å²) in [7, 11) is 2.07. The number of carboxylic acid groups (broad SMARTS) is 1. The van der Waals surface area contributed by atoms with Crippen LogP contribution in [0, 0.1) is 0 Å². The summed E-state index contributed by atoms with van der Waals surface area (Å²) in [6.07, 6.45) is 1.82. The van der Waals surface area contributed by atoms with Gasteiger partial charge in [-0.3, -0.25) is 4.79 Å². The molecule has 1 heterocycles. The zero-order chi connectivity index (χ0) is 10.6. The second-order valence-electron chi connectivity index (χ2n) is 3.43. The van der Waals surface area contributed by atoms with Gasteiger partial charge in [0.05, 0.1) is 39.2 Å². The first kappa shape index (κ1) is 10.7. The summed E-state index contributed by atoms with van der Waals surface area (Å²) in [6.45, 7) is 3.18. The average Bonchev–Trinajstić information content (AvgIpc) is 2.15. The number of rotatable bonds is 2. The Morgan fingerprint density at radius 3 is 2.36 bits per heavy atom. The minimum absolute atomic E-state index is 0.248. The first-order chi connectivity index (χ1) is 6.59. The smallest absolute Gasteiger partial charge is 0.247 e. The summed E-state index contributed by atoms with van der Waals surface area (Å²) in [6, 6.07) is 0. The fourth-order valence-corrected chi connectivity index (χ4v) is 1.35. The molecular formula is C9H14N2O3. The van der Waals surface area contributed by atoms with Crippen LogP contribution in [0.3, 0.4) is 0 Å². The molecule has 5 heteroatoms. The first-order valence-corrected chi connectivity index (χ1v) is 4.59. The zero-order valence-electron chi connectivity index (χ0n) is 8.16. The van der Waals surface area contributed by atoms with Crippen LogP contribution in [0.25, 0.3) is 0 Å². The van der Waals surface area contributed by atoms with Gasteiger partial charge in [-0.1, -0.05) is 0 Å². The Morgan fingerprint density at radius 2 is 1.86 bits per heavy atom. The molecule has 5 nitrogen and oxygen atoms in total. The second-order valence-corrected chi connectivity index (χ2v) is 3.43. The van der Waals surface area contributed by atoms with Crippen LogP contribution < -0.4 is 10.0 Å². The van der Waals surface area contributed by atoms with Crippen LogP contribution in [0.5, 0.6) is 0 Å². The van der Waals surface area contributed by atoms with Gasteiger partial charge in [0.25, 0.3) is 0 Å². The summed E-state index contributed by atoms with van der Waals surface area (Å²) >= 11 is 0. The predicted octanol–water partition coefficient (Wildman–Crippen LogP) is -3.35. The fraction of sp³-hybridized carbons (Fsp3) is 0.556. The number of amides is 1. The van der Waals surface area contributed by atoms with E-state index in [-0.39, 0.29) is 5.91 Å². The minimum Gasteiger partial charge on any atom is -0.545 e. The van der Waals surface area contributed by atoms with Crippen molar-refractivity contribution in [2.75, 3.05) is 33.2 Å². The summed E-state index contributed by atoms with van der Waals surface area (Å²) in [5, 5.41) is 10.1. The SMILES string of the molecule is C[NH+]1CCN(C(=O)/C=C/C(=O)[O-])CC1. The van der Waals surface area contributed by atoms with Gasteiger partial charge in [-0.2, -0.15) is 0 Å². The third-order valence-corrected chi connectivity index (χ3v) is 2.29. The lowest BCUT2D eigenvalue weighted by atomic mass is 10.3. The van der Waals surface area contributed by atoms with Gasteiger partial charge in [-0.25, -0.2) is 0 Å². The monoisotopic (exact) mass is 198 g/mol. The number of nitrogens with one attached hydrogen (secondary N) is 1. The van der Waals surface area contributed by atoms with Gasteiger partial charge in [0.15, 0.2) is 0 Å². The number of quaternary nitrogens is 1. The number of carboxylic acids is 1. The van der Waals surface area contributed by atoms with Gasteiger partial charge in [-0.15, -0.1) is 0 Å². The van der Waals surface area contributed by atoms with E-state index in [0.717, 1.165) is 25.2 Å². The molecular weight excluding hydrogens is 184 g/mol. The number of carbonyl (C=O) groups is 2. The molecule has 0 bridgehead atoms. The van der Waals surface area contributed by atoms with E-state index in [1.54, 1.807) is 4.90 Å². The van der Waals surface area contributed by atoms with E-state index in [0.29, 0.717) is 13.1 Å². The summed E-state index contributed by atoms with van der Waals surface area (Å²) in [5.41, 5.74) is 0. The van der Waals surface area contributed by atoms with Crippen LogP contribution >= 0.6 is 0 Å². The molecule has 1 fully saturated rings. The number of nitrogens with zero attached hydrogens (tertiary/aromatic N) is 1. The van der Waals surface area contributed by atoms with E-state index in [1.165, 1.54) is 4.90 Å². The van der Waals surface area contributed by atoms with Gasteiger partial charge >= 0.3 is 0 Å². The highest BCUT2D eigenvalue weighted by Gasteiger charge is 2.19. The molecule has 0 unspecified atom stereocenters. The lowest BCUT2D eigenvalue weighted by Gasteiger charge is -2.29. The minimum atomic E-state index is -1.34. The number of hydrogen-bond donors (Lipinski definition) is 1. The standard InChI is InChI=1S/C9H14N2O3/c1-10-4-6-11(7-5-10)8(12)2-3-9(13)14/h2-3H,4-7H2,1H3,(H,13,14)/b3-2+. The van der Waals surface area contributed by atoms with Crippen LogP contribution in [0.2, 0.25) is 0 Å². The van der Waals surface area contributed by atoms with Crippen molar-refractivity contribution >= 4 is 11.9 Å². The third-order valence-electron chi connectivity index (χ3n) is 2.29. The third kappa shape index (κ3) is 3.18. The summed E-state index contributed by atoms with van der Waals surface area (Å²) < 4.78 is 0. The van der Waals surface area contributed by atoms with E-state index in [2.05, 4.69) is 7.05 Å². The second kappa shape index (κ2) is 4.76. The maximum absolute atomic E-state index is 11.3. The van der Waals surface area contributed by atoms with E-state index < -0.39 is 5.97 Å². The average molecular weight is 198 g/mol. The molecule has 0 saturated carbocycles. The van der Waals surface area contributed by atoms with E-state index >= 15 is 0 Å². The Hall–Kier alpha value is -1.36. The van der Waals surface area contributed by atoms with Crippen molar-refractivity contribution in [3.05, 3.63) is 12.2 Å². The molecule has 0 aromatic rings. The summed E-state index contributed by atoms with van der Waals surface area (Å²) in [4.78, 5) is 24.4. The number of carbonyl (C=O) groups excluding carboxylic acids is 2. The van der Waals surface area contributed by atoms with Crippen molar-refractivity contribution in [2.45, 2.75) is 0 Å². The molecule has 0 spiro atoms. The molecule has 0 aliphatic carbocycles. The van der Waals surface area contributed by atoms with Crippen molar-refractivity contribution in [3.63, 3.8) is 0 Å². The molecule has 14 heavy (non-hydrogen) atoms. The van der Waals surface area contributed by atoms with E-state index in [9.17, 15) is 14.7 Å². The lowest BCUT2D eigenvalue weighted by molar-refractivity contribution is -0.883. The van der Waals surface area contributed by atoms with Crippen LogP contribution in [0.4, 0.5) is 0 Å². The fourth-order valence-electron chi connectivity index (χ4n) is 1.35. The van der Waals surface area contributed by atoms with Crippen LogP contribution in [0.1, 0.15) is 0 Å². The zero-order valence-corrected chi connectivity index (χ0v) is 8.16.